The molecule has 0 atom stereocenters. The molecule has 1 amide bonds. The predicted octanol–water partition coefficient (Wildman–Crippen LogP) is 1.71. The molecule has 0 radical (unpaired) electrons. The number of carbonyl (C=O) groups excluding carboxylic acids is 2. The van der Waals surface area contributed by atoms with E-state index in [-0.39, 0.29) is 17.5 Å². The van der Waals surface area contributed by atoms with E-state index >= 15 is 0 Å². The maximum Gasteiger partial charge on any atom is 0.287 e. The molecule has 2 rings (SSSR count). The molecule has 1 aliphatic rings. The molecule has 0 unspecified atom stereocenters. The van der Waals surface area contributed by atoms with Crippen molar-refractivity contribution in [3.8, 4) is 0 Å². The van der Waals surface area contributed by atoms with Crippen LogP contribution in [0.15, 0.2) is 23.1 Å². The van der Waals surface area contributed by atoms with Gasteiger partial charge in [-0.2, -0.15) is 0 Å². The van der Waals surface area contributed by atoms with E-state index in [9.17, 15) is 9.59 Å². The van der Waals surface area contributed by atoms with E-state index in [1.807, 2.05) is 0 Å². The average Bonchev–Trinajstić information content (AvgIpc) is 2.71. The van der Waals surface area contributed by atoms with E-state index in [4.69, 9.17) is 4.42 Å². The largest absolute Gasteiger partial charge is 0.455 e. The first-order chi connectivity index (χ1) is 7.72. The summed E-state index contributed by atoms with van der Waals surface area (Å²) in [6.07, 6.45) is 3.66. The van der Waals surface area contributed by atoms with Crippen LogP contribution in [-0.2, 0) is 6.42 Å². The molecule has 0 saturated carbocycles. The molecular weight excluding hydrogens is 206 g/mol. The third-order valence-corrected chi connectivity index (χ3v) is 2.55. The zero-order valence-corrected chi connectivity index (χ0v) is 8.91. The first-order valence-electron chi connectivity index (χ1n) is 5.27. The number of aryl methyl sites for hydroxylation is 1. The van der Waals surface area contributed by atoms with Crippen molar-refractivity contribution in [3.05, 3.63) is 35.8 Å². The smallest absolute Gasteiger partial charge is 0.287 e. The lowest BCUT2D eigenvalue weighted by Crippen LogP contribution is -2.22. The fraction of sp³-hybridized carbons (Fsp3) is 0.333. The molecule has 1 aromatic heterocycles. The molecule has 1 N–H and O–H groups in total. The SMILES string of the molecule is C=CCNC(=O)c1cc2c(o1)CCCC2=O. The summed E-state index contributed by atoms with van der Waals surface area (Å²) in [5.41, 5.74) is 0.565. The van der Waals surface area contributed by atoms with Crippen LogP contribution in [-0.4, -0.2) is 18.2 Å². The lowest BCUT2D eigenvalue weighted by molar-refractivity contribution is 0.0924. The second-order valence-electron chi connectivity index (χ2n) is 3.72. The molecule has 1 aliphatic carbocycles. The van der Waals surface area contributed by atoms with Gasteiger partial charge in [0, 0.05) is 25.5 Å². The van der Waals surface area contributed by atoms with Gasteiger partial charge in [0.1, 0.15) is 5.76 Å². The highest BCUT2D eigenvalue weighted by Crippen LogP contribution is 2.24. The number of nitrogens with one attached hydrogen (secondary N) is 1. The lowest BCUT2D eigenvalue weighted by Gasteiger charge is -2.06. The highest BCUT2D eigenvalue weighted by molar-refractivity contribution is 6.01. The molecule has 0 spiro atoms. The second-order valence-corrected chi connectivity index (χ2v) is 3.72. The minimum atomic E-state index is -0.304. The summed E-state index contributed by atoms with van der Waals surface area (Å²) in [5, 5.41) is 2.61. The van der Waals surface area contributed by atoms with Crippen molar-refractivity contribution in [2.75, 3.05) is 6.54 Å². The maximum atomic E-state index is 11.6. The number of furan rings is 1. The minimum Gasteiger partial charge on any atom is -0.455 e. The molecule has 0 bridgehead atoms. The number of rotatable bonds is 3. The van der Waals surface area contributed by atoms with Gasteiger partial charge >= 0.3 is 0 Å². The van der Waals surface area contributed by atoms with Gasteiger partial charge in [0.25, 0.3) is 5.91 Å². The van der Waals surface area contributed by atoms with Crippen LogP contribution in [0, 0.1) is 0 Å². The van der Waals surface area contributed by atoms with Gasteiger partial charge in [0.2, 0.25) is 0 Å². The van der Waals surface area contributed by atoms with Gasteiger partial charge in [0.05, 0.1) is 5.56 Å². The van der Waals surface area contributed by atoms with Gasteiger partial charge in [-0.15, -0.1) is 6.58 Å². The van der Waals surface area contributed by atoms with Crippen molar-refractivity contribution < 1.29 is 14.0 Å². The number of carbonyl (C=O) groups is 2. The van der Waals surface area contributed by atoms with Crippen LogP contribution in [0.3, 0.4) is 0 Å². The van der Waals surface area contributed by atoms with Gasteiger partial charge in [-0.25, -0.2) is 0 Å². The summed E-state index contributed by atoms with van der Waals surface area (Å²) in [6.45, 7) is 3.89. The normalized spacial score (nSPS) is 14.4. The molecule has 0 saturated heterocycles. The Labute approximate surface area is 93.3 Å². The summed E-state index contributed by atoms with van der Waals surface area (Å²) >= 11 is 0. The van der Waals surface area contributed by atoms with E-state index in [0.717, 1.165) is 12.8 Å². The Morgan fingerprint density at radius 2 is 2.38 bits per heavy atom. The highest BCUT2D eigenvalue weighted by Gasteiger charge is 2.24. The number of Topliss-reactive ketones (excluding diaryl/α,β-unsaturated/α-hetero) is 1. The van der Waals surface area contributed by atoms with Crippen LogP contribution in [0.2, 0.25) is 0 Å². The van der Waals surface area contributed by atoms with Crippen molar-refractivity contribution in [1.29, 1.82) is 0 Å². The monoisotopic (exact) mass is 219 g/mol. The molecule has 84 valence electrons. The molecule has 4 nitrogen and oxygen atoms in total. The fourth-order valence-corrected chi connectivity index (χ4v) is 1.76. The van der Waals surface area contributed by atoms with Crippen LogP contribution in [0.5, 0.6) is 0 Å². The minimum absolute atomic E-state index is 0.0628. The third-order valence-electron chi connectivity index (χ3n) is 2.55. The Bertz CT molecular complexity index is 445. The highest BCUT2D eigenvalue weighted by atomic mass is 16.4. The van der Waals surface area contributed by atoms with Crippen molar-refractivity contribution in [2.24, 2.45) is 0 Å². The molecule has 0 aliphatic heterocycles. The molecule has 0 fully saturated rings. The van der Waals surface area contributed by atoms with Crippen LogP contribution >= 0.6 is 0 Å². The van der Waals surface area contributed by atoms with Crippen LogP contribution in [0.4, 0.5) is 0 Å². The van der Waals surface area contributed by atoms with Gasteiger partial charge in [-0.1, -0.05) is 6.08 Å². The second kappa shape index (κ2) is 4.35. The molecule has 4 heteroatoms. The van der Waals surface area contributed by atoms with Gasteiger partial charge in [-0.05, 0) is 6.42 Å². The molecule has 1 aromatic rings. The van der Waals surface area contributed by atoms with E-state index in [1.165, 1.54) is 6.07 Å². The summed E-state index contributed by atoms with van der Waals surface area (Å²) in [7, 11) is 0. The van der Waals surface area contributed by atoms with E-state index in [2.05, 4.69) is 11.9 Å². The zero-order chi connectivity index (χ0) is 11.5. The quantitative estimate of drug-likeness (QED) is 0.787. The van der Waals surface area contributed by atoms with Crippen molar-refractivity contribution in [3.63, 3.8) is 0 Å². The maximum absolute atomic E-state index is 11.6. The number of ketones is 1. The first-order valence-corrected chi connectivity index (χ1v) is 5.27. The number of amides is 1. The van der Waals surface area contributed by atoms with E-state index in [1.54, 1.807) is 6.08 Å². The molecule has 1 heterocycles. The van der Waals surface area contributed by atoms with E-state index < -0.39 is 0 Å². The molecule has 0 aromatic carbocycles. The Morgan fingerprint density at radius 1 is 1.56 bits per heavy atom. The Hall–Kier alpha value is -1.84. The Kier molecular flexibility index (Phi) is 2.90. The van der Waals surface area contributed by atoms with Crippen molar-refractivity contribution >= 4 is 11.7 Å². The molecular formula is C12H13NO3. The van der Waals surface area contributed by atoms with Gasteiger partial charge < -0.3 is 9.73 Å². The van der Waals surface area contributed by atoms with Gasteiger partial charge in [0.15, 0.2) is 11.5 Å². The van der Waals surface area contributed by atoms with E-state index in [0.29, 0.717) is 24.3 Å². The van der Waals surface area contributed by atoms with Gasteiger partial charge in [-0.3, -0.25) is 9.59 Å². The third kappa shape index (κ3) is 1.91. The predicted molar refractivity (Wildman–Crippen MR) is 58.5 cm³/mol. The Morgan fingerprint density at radius 3 is 3.06 bits per heavy atom. The van der Waals surface area contributed by atoms with Crippen LogP contribution in [0.1, 0.15) is 39.5 Å². The van der Waals surface area contributed by atoms with Crippen LogP contribution < -0.4 is 5.32 Å². The number of fused-ring (bicyclic) bond motifs is 1. The standard InChI is InChI=1S/C12H13NO3/c1-2-6-13-12(15)11-7-8-9(14)4-3-5-10(8)16-11/h2,7H,1,3-6H2,(H,13,15). The zero-order valence-electron chi connectivity index (χ0n) is 8.91. The van der Waals surface area contributed by atoms with Crippen LogP contribution in [0.25, 0.3) is 0 Å². The number of hydrogen-bond donors (Lipinski definition) is 1. The average molecular weight is 219 g/mol. The van der Waals surface area contributed by atoms with Crippen molar-refractivity contribution in [2.45, 2.75) is 19.3 Å². The van der Waals surface area contributed by atoms with Crippen molar-refractivity contribution in [1.82, 2.24) is 5.32 Å². The number of hydrogen-bond acceptors (Lipinski definition) is 3. The summed E-state index contributed by atoms with van der Waals surface area (Å²) in [4.78, 5) is 23.1. The summed E-state index contributed by atoms with van der Waals surface area (Å²) < 4.78 is 5.37. The summed E-state index contributed by atoms with van der Waals surface area (Å²) in [5.74, 6) is 0.608. The topological polar surface area (TPSA) is 59.3 Å². The molecule has 16 heavy (non-hydrogen) atoms. The Balaban J connectivity index is 2.20. The summed E-state index contributed by atoms with van der Waals surface area (Å²) in [6, 6.07) is 1.54. The first kappa shape index (κ1) is 10.7. The lowest BCUT2D eigenvalue weighted by atomic mass is 9.97. The fourth-order valence-electron chi connectivity index (χ4n) is 1.76.